The predicted molar refractivity (Wildman–Crippen MR) is 27.8 cm³/mol. The molecule has 4 nitrogen and oxygen atoms in total. The Morgan fingerprint density at radius 3 is 3.00 bits per heavy atom. The van der Waals surface area contributed by atoms with Crippen LogP contribution >= 0.6 is 12.1 Å². The van der Waals surface area contributed by atoms with E-state index in [0.29, 0.717) is 0 Å². The second kappa shape index (κ2) is 1.83. The third-order valence-electron chi connectivity index (χ3n) is 0.439. The van der Waals surface area contributed by atoms with Gasteiger partial charge in [0.2, 0.25) is 0 Å². The highest BCUT2D eigenvalue weighted by atomic mass is 32.2. The molecular formula is C2H3N3OS. The maximum atomic E-state index is 10.1. The van der Waals surface area contributed by atoms with Crippen LogP contribution in [0.5, 0.6) is 0 Å². The fraction of sp³-hybridized carbons (Fsp3) is 0. The van der Waals surface area contributed by atoms with E-state index >= 15 is 0 Å². The van der Waals surface area contributed by atoms with Gasteiger partial charge in [-0.3, -0.25) is 10.0 Å². The van der Waals surface area contributed by atoms with Gasteiger partial charge < -0.3 is 0 Å². The fourth-order valence-corrected chi connectivity index (χ4v) is 0.509. The van der Waals surface area contributed by atoms with Crippen LogP contribution in [0.3, 0.4) is 0 Å². The second-order valence-electron chi connectivity index (χ2n) is 0.901. The molecule has 2 amide bonds. The highest BCUT2D eigenvalue weighted by molar-refractivity contribution is 7.96. The molecule has 0 spiro atoms. The van der Waals surface area contributed by atoms with Crippen molar-refractivity contribution in [3.05, 3.63) is 0 Å². The molecule has 0 fully saturated rings. The SMILES string of the molecule is O=C1NC=NSN1. The van der Waals surface area contributed by atoms with Gasteiger partial charge in [0.25, 0.3) is 0 Å². The summed E-state index contributed by atoms with van der Waals surface area (Å²) in [6.45, 7) is 0. The smallest absolute Gasteiger partial charge is 0.297 e. The summed E-state index contributed by atoms with van der Waals surface area (Å²) in [5, 5.41) is 2.32. The Bertz CT molecular complexity index is 112. The van der Waals surface area contributed by atoms with E-state index in [2.05, 4.69) is 14.4 Å². The second-order valence-corrected chi connectivity index (χ2v) is 1.50. The average molecular weight is 117 g/mol. The molecule has 7 heavy (non-hydrogen) atoms. The van der Waals surface area contributed by atoms with E-state index in [-0.39, 0.29) is 6.03 Å². The first-order valence-electron chi connectivity index (χ1n) is 1.64. The van der Waals surface area contributed by atoms with E-state index in [1.165, 1.54) is 6.34 Å². The molecule has 0 saturated carbocycles. The number of carbonyl (C=O) groups is 1. The summed E-state index contributed by atoms with van der Waals surface area (Å²) in [6.07, 6.45) is 1.34. The molecule has 0 radical (unpaired) electrons. The molecule has 2 N–H and O–H groups in total. The van der Waals surface area contributed by atoms with Crippen LogP contribution in [0.15, 0.2) is 4.40 Å². The highest BCUT2D eigenvalue weighted by Gasteiger charge is 1.98. The number of amides is 2. The Kier molecular flexibility index (Phi) is 1.16. The van der Waals surface area contributed by atoms with Gasteiger partial charge in [0, 0.05) is 0 Å². The molecule has 0 aromatic rings. The minimum absolute atomic E-state index is 0.222. The Morgan fingerprint density at radius 1 is 1.86 bits per heavy atom. The van der Waals surface area contributed by atoms with Crippen LogP contribution in [0.4, 0.5) is 4.79 Å². The zero-order valence-corrected chi connectivity index (χ0v) is 4.16. The molecule has 1 aliphatic rings. The van der Waals surface area contributed by atoms with Gasteiger partial charge in [-0.05, 0) is 0 Å². The fourth-order valence-electron chi connectivity index (χ4n) is 0.209. The zero-order valence-electron chi connectivity index (χ0n) is 3.34. The largest absolute Gasteiger partial charge is 0.331 e. The topological polar surface area (TPSA) is 53.5 Å². The number of hydrogen-bond donors (Lipinski definition) is 2. The van der Waals surface area contributed by atoms with Gasteiger partial charge in [-0.1, -0.05) is 0 Å². The number of urea groups is 1. The minimum atomic E-state index is -0.222. The molecule has 0 saturated heterocycles. The lowest BCUT2D eigenvalue weighted by molar-refractivity contribution is 0.250. The van der Waals surface area contributed by atoms with E-state index in [0.717, 1.165) is 12.1 Å². The van der Waals surface area contributed by atoms with Crippen LogP contribution in [0.2, 0.25) is 0 Å². The normalized spacial score (nSPS) is 18.0. The first-order chi connectivity index (χ1) is 3.39. The molecule has 0 bridgehead atoms. The van der Waals surface area contributed by atoms with Gasteiger partial charge in [-0.15, -0.1) is 0 Å². The number of hydrogen-bond acceptors (Lipinski definition) is 3. The molecule has 0 aliphatic carbocycles. The van der Waals surface area contributed by atoms with Gasteiger partial charge >= 0.3 is 6.03 Å². The molecule has 0 aromatic heterocycles. The van der Waals surface area contributed by atoms with Crippen molar-refractivity contribution in [3.8, 4) is 0 Å². The summed E-state index contributed by atoms with van der Waals surface area (Å²) in [5.74, 6) is 0. The highest BCUT2D eigenvalue weighted by Crippen LogP contribution is 1.93. The number of rotatable bonds is 0. The van der Waals surface area contributed by atoms with E-state index < -0.39 is 0 Å². The monoisotopic (exact) mass is 117 g/mol. The quantitative estimate of drug-likeness (QED) is 0.435. The molecule has 0 unspecified atom stereocenters. The summed E-state index contributed by atoms with van der Waals surface area (Å²) >= 11 is 1.01. The number of carbonyl (C=O) groups excluding carboxylic acids is 1. The lowest BCUT2D eigenvalue weighted by atomic mass is 11.0. The van der Waals surface area contributed by atoms with Gasteiger partial charge in [0.1, 0.15) is 6.34 Å². The molecule has 38 valence electrons. The molecule has 1 heterocycles. The third kappa shape index (κ3) is 1.08. The lowest BCUT2D eigenvalue weighted by Crippen LogP contribution is -2.32. The maximum absolute atomic E-state index is 10.1. The Balaban J connectivity index is 2.47. The van der Waals surface area contributed by atoms with Crippen molar-refractivity contribution in [1.29, 1.82) is 0 Å². The summed E-state index contributed by atoms with van der Waals surface area (Å²) in [4.78, 5) is 10.1. The first-order valence-corrected chi connectivity index (χ1v) is 2.41. The van der Waals surface area contributed by atoms with Crippen molar-refractivity contribution < 1.29 is 4.79 Å². The van der Waals surface area contributed by atoms with Crippen molar-refractivity contribution >= 4 is 24.5 Å². The lowest BCUT2D eigenvalue weighted by Gasteiger charge is -2.01. The van der Waals surface area contributed by atoms with Crippen molar-refractivity contribution in [1.82, 2.24) is 10.0 Å². The zero-order chi connectivity index (χ0) is 5.11. The summed E-state index contributed by atoms with van der Waals surface area (Å²) in [6, 6.07) is -0.222. The summed E-state index contributed by atoms with van der Waals surface area (Å²) < 4.78 is 5.93. The van der Waals surface area contributed by atoms with E-state index in [1.54, 1.807) is 0 Å². The predicted octanol–water partition coefficient (Wildman–Crippen LogP) is -0.109. The van der Waals surface area contributed by atoms with Crippen molar-refractivity contribution in [2.45, 2.75) is 0 Å². The summed E-state index contributed by atoms with van der Waals surface area (Å²) in [7, 11) is 0. The Labute approximate surface area is 44.6 Å². The molecule has 5 heteroatoms. The van der Waals surface area contributed by atoms with Crippen LogP contribution in [0, 0.1) is 0 Å². The molecular weight excluding hydrogens is 114 g/mol. The van der Waals surface area contributed by atoms with Gasteiger partial charge in [0.05, 0.1) is 12.1 Å². The summed E-state index contributed by atoms with van der Waals surface area (Å²) in [5.41, 5.74) is 0. The molecule has 0 atom stereocenters. The molecule has 1 rings (SSSR count). The van der Waals surface area contributed by atoms with Crippen molar-refractivity contribution in [2.75, 3.05) is 0 Å². The van der Waals surface area contributed by atoms with E-state index in [4.69, 9.17) is 0 Å². The standard InChI is InChI=1S/C2H3N3OS/c6-2-3-1-4-7-5-2/h1H,(H2,3,4,5,6). The van der Waals surface area contributed by atoms with E-state index in [1.807, 2.05) is 0 Å². The Morgan fingerprint density at radius 2 is 2.71 bits per heavy atom. The third-order valence-corrected chi connectivity index (χ3v) is 0.927. The van der Waals surface area contributed by atoms with Gasteiger partial charge in [0.15, 0.2) is 0 Å². The molecule has 1 aliphatic heterocycles. The van der Waals surface area contributed by atoms with Crippen LogP contribution < -0.4 is 10.0 Å². The van der Waals surface area contributed by atoms with Crippen LogP contribution in [-0.4, -0.2) is 12.4 Å². The van der Waals surface area contributed by atoms with Crippen LogP contribution in [-0.2, 0) is 0 Å². The van der Waals surface area contributed by atoms with Gasteiger partial charge in [-0.25, -0.2) is 4.79 Å². The maximum Gasteiger partial charge on any atom is 0.331 e. The Hall–Kier alpha value is -0.710. The average Bonchev–Trinajstić information content (AvgIpc) is 1.69. The minimum Gasteiger partial charge on any atom is -0.297 e. The van der Waals surface area contributed by atoms with Crippen molar-refractivity contribution in [3.63, 3.8) is 0 Å². The van der Waals surface area contributed by atoms with Crippen LogP contribution in [0.25, 0.3) is 0 Å². The van der Waals surface area contributed by atoms with E-state index in [9.17, 15) is 4.79 Å². The first kappa shape index (κ1) is 4.45. The van der Waals surface area contributed by atoms with Crippen LogP contribution in [0.1, 0.15) is 0 Å². The van der Waals surface area contributed by atoms with Crippen molar-refractivity contribution in [2.24, 2.45) is 4.40 Å². The number of nitrogens with one attached hydrogen (secondary N) is 2. The molecule has 0 aromatic carbocycles. The number of nitrogens with zero attached hydrogens (tertiary/aromatic N) is 1. The van der Waals surface area contributed by atoms with Gasteiger partial charge in [-0.2, -0.15) is 4.40 Å².